The zero-order chi connectivity index (χ0) is 8.69. The zero-order valence-corrected chi connectivity index (χ0v) is 7.50. The van der Waals surface area contributed by atoms with Crippen molar-refractivity contribution >= 4 is 0 Å². The minimum absolute atomic E-state index is 0.243. The van der Waals surface area contributed by atoms with Gasteiger partial charge in [0.15, 0.2) is 0 Å². The molecule has 11 heavy (non-hydrogen) atoms. The molecule has 2 N–H and O–H groups in total. The van der Waals surface area contributed by atoms with E-state index < -0.39 is 0 Å². The molecule has 0 fully saturated rings. The molecule has 2 nitrogen and oxygen atoms in total. The molecule has 64 valence electrons. The Bertz CT molecular complexity index is 148. The smallest absolute Gasteiger partial charge is 0.0961 e. The van der Waals surface area contributed by atoms with E-state index in [2.05, 4.69) is 6.92 Å². The summed E-state index contributed by atoms with van der Waals surface area (Å²) in [6.07, 6.45) is 6.32. The topological polar surface area (TPSA) is 35.2 Å². The van der Waals surface area contributed by atoms with Crippen molar-refractivity contribution in [2.24, 2.45) is 5.73 Å². The predicted octanol–water partition coefficient (Wildman–Crippen LogP) is 2.18. The summed E-state index contributed by atoms with van der Waals surface area (Å²) in [6, 6.07) is 0. The third kappa shape index (κ3) is 5.52. The van der Waals surface area contributed by atoms with Gasteiger partial charge in [0.25, 0.3) is 0 Å². The fourth-order valence-electron chi connectivity index (χ4n) is 0.706. The Kier molecular flexibility index (Phi) is 5.35. The minimum atomic E-state index is 0.243. The molecule has 0 saturated heterocycles. The Morgan fingerprint density at radius 3 is 2.55 bits per heavy atom. The van der Waals surface area contributed by atoms with E-state index in [1.807, 2.05) is 19.9 Å². The first-order valence-electron chi connectivity index (χ1n) is 3.94. The van der Waals surface area contributed by atoms with E-state index in [0.717, 1.165) is 12.2 Å². The Labute approximate surface area is 68.7 Å². The van der Waals surface area contributed by atoms with Gasteiger partial charge in [0.05, 0.1) is 11.9 Å². The van der Waals surface area contributed by atoms with Crippen LogP contribution in [0, 0.1) is 0 Å². The highest BCUT2D eigenvalue weighted by molar-refractivity contribution is 5.06. The fourth-order valence-corrected chi connectivity index (χ4v) is 0.706. The Morgan fingerprint density at radius 1 is 1.55 bits per heavy atom. The van der Waals surface area contributed by atoms with Crippen molar-refractivity contribution in [3.05, 3.63) is 24.1 Å². The largest absolute Gasteiger partial charge is 0.495 e. The zero-order valence-electron chi connectivity index (χ0n) is 7.50. The first-order valence-corrected chi connectivity index (χ1v) is 3.94. The van der Waals surface area contributed by atoms with Crippen molar-refractivity contribution in [3.8, 4) is 0 Å². The normalized spacial score (nSPS) is 12.9. The Balaban J connectivity index is 3.94. The van der Waals surface area contributed by atoms with Crippen LogP contribution < -0.4 is 5.73 Å². The van der Waals surface area contributed by atoms with Crippen molar-refractivity contribution in [1.29, 1.82) is 0 Å². The lowest BCUT2D eigenvalue weighted by molar-refractivity contribution is 0.141. The van der Waals surface area contributed by atoms with Gasteiger partial charge in [-0.1, -0.05) is 6.92 Å². The molecular formula is C9H17NO. The molecule has 0 heterocycles. The van der Waals surface area contributed by atoms with E-state index in [0.29, 0.717) is 0 Å². The molecule has 0 aliphatic heterocycles. The highest BCUT2D eigenvalue weighted by Crippen LogP contribution is 2.06. The van der Waals surface area contributed by atoms with Gasteiger partial charge in [-0.2, -0.15) is 0 Å². The van der Waals surface area contributed by atoms with Gasteiger partial charge < -0.3 is 10.5 Å². The molecule has 0 aromatic carbocycles. The van der Waals surface area contributed by atoms with Crippen molar-refractivity contribution < 1.29 is 4.74 Å². The highest BCUT2D eigenvalue weighted by atomic mass is 16.5. The lowest BCUT2D eigenvalue weighted by Crippen LogP contribution is -2.01. The van der Waals surface area contributed by atoms with Crippen LogP contribution in [0.15, 0.2) is 24.1 Å². The maximum absolute atomic E-state index is 5.46. The molecule has 0 aliphatic rings. The molecule has 0 aromatic heterocycles. The second kappa shape index (κ2) is 5.83. The van der Waals surface area contributed by atoms with Crippen LogP contribution in [0.3, 0.4) is 0 Å². The van der Waals surface area contributed by atoms with Gasteiger partial charge in [-0.3, -0.25) is 0 Å². The summed E-state index contributed by atoms with van der Waals surface area (Å²) in [4.78, 5) is 0. The molecule has 0 bridgehead atoms. The van der Waals surface area contributed by atoms with E-state index in [1.54, 1.807) is 6.08 Å². The molecule has 0 saturated carbocycles. The van der Waals surface area contributed by atoms with Gasteiger partial charge in [-0.05, 0) is 32.2 Å². The average molecular weight is 155 g/mol. The lowest BCUT2D eigenvalue weighted by Gasteiger charge is -2.10. The summed E-state index contributed by atoms with van der Waals surface area (Å²) in [5.74, 6) is 0.974. The van der Waals surface area contributed by atoms with Crippen LogP contribution >= 0.6 is 0 Å². The monoisotopic (exact) mass is 155 g/mol. The maximum atomic E-state index is 5.46. The second-order valence-electron chi connectivity index (χ2n) is 2.54. The number of allylic oxidation sites excluding steroid dienone is 3. The number of rotatable bonds is 4. The van der Waals surface area contributed by atoms with Gasteiger partial charge in [0, 0.05) is 6.42 Å². The molecule has 0 rings (SSSR count). The first-order chi connectivity index (χ1) is 5.20. The number of nitrogens with two attached hydrogens (primary N) is 1. The summed E-state index contributed by atoms with van der Waals surface area (Å²) >= 11 is 0. The molecule has 0 unspecified atom stereocenters. The summed E-state index contributed by atoms with van der Waals surface area (Å²) in [5.41, 5.74) is 5.18. The minimum Gasteiger partial charge on any atom is -0.495 e. The van der Waals surface area contributed by atoms with Crippen molar-refractivity contribution in [3.63, 3.8) is 0 Å². The predicted molar refractivity (Wildman–Crippen MR) is 47.9 cm³/mol. The van der Waals surface area contributed by atoms with Crippen molar-refractivity contribution in [2.45, 2.75) is 33.3 Å². The van der Waals surface area contributed by atoms with Crippen LogP contribution in [0.25, 0.3) is 0 Å². The number of hydrogen-bond acceptors (Lipinski definition) is 2. The maximum Gasteiger partial charge on any atom is 0.0961 e. The van der Waals surface area contributed by atoms with Crippen LogP contribution in [0.4, 0.5) is 0 Å². The average Bonchev–Trinajstić information content (AvgIpc) is 1.97. The highest BCUT2D eigenvalue weighted by Gasteiger charge is 1.95. The quantitative estimate of drug-likeness (QED) is 0.499. The third-order valence-electron chi connectivity index (χ3n) is 1.13. The third-order valence-corrected chi connectivity index (χ3v) is 1.13. The molecule has 0 aliphatic carbocycles. The molecular weight excluding hydrogens is 138 g/mol. The summed E-state index contributed by atoms with van der Waals surface area (Å²) in [6.45, 7) is 6.07. The van der Waals surface area contributed by atoms with Crippen LogP contribution in [0.2, 0.25) is 0 Å². The van der Waals surface area contributed by atoms with E-state index in [4.69, 9.17) is 10.5 Å². The van der Waals surface area contributed by atoms with E-state index in [9.17, 15) is 0 Å². The SMILES string of the molecule is CCC(=CC=CN)OC(C)C. The fraction of sp³-hybridized carbons (Fsp3) is 0.556. The van der Waals surface area contributed by atoms with Gasteiger partial charge in [-0.25, -0.2) is 0 Å². The van der Waals surface area contributed by atoms with Crippen molar-refractivity contribution in [1.82, 2.24) is 0 Å². The van der Waals surface area contributed by atoms with Gasteiger partial charge in [0.2, 0.25) is 0 Å². The Hall–Kier alpha value is -0.920. The van der Waals surface area contributed by atoms with Gasteiger partial charge in [0.1, 0.15) is 0 Å². The van der Waals surface area contributed by atoms with Crippen molar-refractivity contribution in [2.75, 3.05) is 0 Å². The molecule has 2 heteroatoms. The standard InChI is InChI=1S/C9H17NO/c1-4-9(6-5-7-10)11-8(2)3/h5-8H,4,10H2,1-3H3. The van der Waals surface area contributed by atoms with Crippen LogP contribution in [-0.2, 0) is 4.74 Å². The van der Waals surface area contributed by atoms with Gasteiger partial charge in [-0.15, -0.1) is 0 Å². The van der Waals surface area contributed by atoms with Crippen LogP contribution in [0.1, 0.15) is 27.2 Å². The molecule has 0 radical (unpaired) electrons. The number of ether oxygens (including phenoxy) is 1. The molecule has 0 spiro atoms. The van der Waals surface area contributed by atoms with Crippen LogP contribution in [-0.4, -0.2) is 6.10 Å². The summed E-state index contributed by atoms with van der Waals surface area (Å²) in [7, 11) is 0. The van der Waals surface area contributed by atoms with E-state index in [1.165, 1.54) is 6.20 Å². The van der Waals surface area contributed by atoms with E-state index >= 15 is 0 Å². The first kappa shape index (κ1) is 10.1. The van der Waals surface area contributed by atoms with Gasteiger partial charge >= 0.3 is 0 Å². The van der Waals surface area contributed by atoms with Crippen LogP contribution in [0.5, 0.6) is 0 Å². The number of hydrogen-bond donors (Lipinski definition) is 1. The molecule has 0 atom stereocenters. The second-order valence-corrected chi connectivity index (χ2v) is 2.54. The molecule has 0 amide bonds. The Morgan fingerprint density at radius 2 is 2.18 bits per heavy atom. The lowest BCUT2D eigenvalue weighted by atomic mass is 10.3. The molecule has 0 aromatic rings. The summed E-state index contributed by atoms with van der Waals surface area (Å²) in [5, 5.41) is 0. The summed E-state index contributed by atoms with van der Waals surface area (Å²) < 4.78 is 5.46. The van der Waals surface area contributed by atoms with E-state index in [-0.39, 0.29) is 6.10 Å².